The Morgan fingerprint density at radius 3 is 2.50 bits per heavy atom. The molecule has 1 N–H and O–H groups in total. The summed E-state index contributed by atoms with van der Waals surface area (Å²) in [6.45, 7) is 9.98. The minimum absolute atomic E-state index is 0.320. The summed E-state index contributed by atoms with van der Waals surface area (Å²) in [5, 5.41) is 3.01. The van der Waals surface area contributed by atoms with Gasteiger partial charge in [0.25, 0.3) is 0 Å². The smallest absolute Gasteiger partial charge is 0.410 e. The molecular formula is C11H19N3O2. The molecule has 16 heavy (non-hydrogen) atoms. The normalized spacial score (nSPS) is 16.4. The van der Waals surface area contributed by atoms with Gasteiger partial charge in [-0.25, -0.2) is 4.79 Å². The van der Waals surface area contributed by atoms with Crippen molar-refractivity contribution in [3.05, 3.63) is 11.4 Å². The monoisotopic (exact) mass is 225 g/mol. The average molecular weight is 225 g/mol. The first-order valence-corrected chi connectivity index (χ1v) is 5.22. The highest BCUT2D eigenvalue weighted by Crippen LogP contribution is 2.18. The maximum atomic E-state index is 11.8. The third kappa shape index (κ3) is 2.98. The highest BCUT2D eigenvalue weighted by molar-refractivity contribution is 5.70. The topological polar surface area (TPSA) is 53.9 Å². The number of hydrogen-bond acceptors (Lipinski definition) is 4. The van der Waals surface area contributed by atoms with Gasteiger partial charge in [0.1, 0.15) is 5.60 Å². The van der Waals surface area contributed by atoms with Gasteiger partial charge >= 0.3 is 6.09 Å². The lowest BCUT2D eigenvalue weighted by Crippen LogP contribution is -2.36. The third-order valence-corrected chi connectivity index (χ3v) is 2.18. The molecule has 5 nitrogen and oxygen atoms in total. The van der Waals surface area contributed by atoms with Crippen LogP contribution in [-0.4, -0.2) is 43.4 Å². The van der Waals surface area contributed by atoms with E-state index < -0.39 is 5.60 Å². The van der Waals surface area contributed by atoms with Crippen molar-refractivity contribution in [1.82, 2.24) is 10.2 Å². The number of carbonyl (C=O) groups excluding carboxylic acids is 1. The van der Waals surface area contributed by atoms with Crippen molar-refractivity contribution in [1.29, 1.82) is 0 Å². The van der Waals surface area contributed by atoms with E-state index in [1.807, 2.05) is 20.8 Å². The predicted octanol–water partition coefficient (Wildman–Crippen LogP) is 1.37. The lowest BCUT2D eigenvalue weighted by Gasteiger charge is -2.24. The quantitative estimate of drug-likeness (QED) is 0.722. The minimum atomic E-state index is -0.471. The molecule has 1 rings (SSSR count). The van der Waals surface area contributed by atoms with Gasteiger partial charge in [-0.2, -0.15) is 0 Å². The lowest BCUT2D eigenvalue weighted by molar-refractivity contribution is 0.0298. The molecule has 0 spiro atoms. The molecule has 1 heterocycles. The van der Waals surface area contributed by atoms with Gasteiger partial charge in [0.15, 0.2) is 0 Å². The maximum Gasteiger partial charge on any atom is 0.410 e. The highest BCUT2D eigenvalue weighted by Gasteiger charge is 2.28. The molecule has 0 aromatic rings. The fourth-order valence-electron chi connectivity index (χ4n) is 1.44. The molecule has 0 fully saturated rings. The molecule has 0 aromatic heterocycles. The number of likely N-dealkylation sites (N-methyl/N-ethyl adjacent to an activating group) is 1. The Labute approximate surface area is 96.2 Å². The van der Waals surface area contributed by atoms with E-state index in [0.29, 0.717) is 13.1 Å². The van der Waals surface area contributed by atoms with E-state index in [9.17, 15) is 4.79 Å². The second kappa shape index (κ2) is 4.55. The minimum Gasteiger partial charge on any atom is -0.444 e. The van der Waals surface area contributed by atoms with Crippen molar-refractivity contribution < 1.29 is 9.53 Å². The Morgan fingerprint density at radius 2 is 2.12 bits per heavy atom. The van der Waals surface area contributed by atoms with Crippen molar-refractivity contribution in [3.63, 3.8) is 0 Å². The van der Waals surface area contributed by atoms with Gasteiger partial charge in [0.05, 0.1) is 24.5 Å². The highest BCUT2D eigenvalue weighted by atomic mass is 16.6. The standard InChI is InChI=1S/C11H19N3O2/c1-11(2,3)16-10(15)14-6-8(12-4)9(7-14)13-5/h13H,4,6-7H2,1-3,5H3. The summed E-state index contributed by atoms with van der Waals surface area (Å²) in [7, 11) is 1.80. The van der Waals surface area contributed by atoms with Crippen LogP contribution in [-0.2, 0) is 4.74 Å². The number of amides is 1. The molecule has 0 aliphatic carbocycles. The van der Waals surface area contributed by atoms with Crippen LogP contribution < -0.4 is 5.32 Å². The first-order chi connectivity index (χ1) is 7.37. The van der Waals surface area contributed by atoms with Crippen LogP contribution in [0, 0.1) is 0 Å². The van der Waals surface area contributed by atoms with Crippen LogP contribution in [0.4, 0.5) is 4.79 Å². The molecule has 1 aliphatic heterocycles. The van der Waals surface area contributed by atoms with E-state index >= 15 is 0 Å². The van der Waals surface area contributed by atoms with Crippen molar-refractivity contribution in [2.75, 3.05) is 20.1 Å². The van der Waals surface area contributed by atoms with Gasteiger partial charge in [-0.15, -0.1) is 0 Å². The average Bonchev–Trinajstić information content (AvgIpc) is 2.57. The lowest BCUT2D eigenvalue weighted by atomic mass is 10.2. The van der Waals surface area contributed by atoms with Gasteiger partial charge in [0, 0.05) is 7.05 Å². The summed E-state index contributed by atoms with van der Waals surface area (Å²) in [5.41, 5.74) is 1.25. The van der Waals surface area contributed by atoms with Crippen molar-refractivity contribution in [2.45, 2.75) is 26.4 Å². The van der Waals surface area contributed by atoms with Crippen LogP contribution in [0.2, 0.25) is 0 Å². The molecule has 0 atom stereocenters. The van der Waals surface area contributed by atoms with E-state index in [1.54, 1.807) is 11.9 Å². The molecule has 0 radical (unpaired) electrons. The first kappa shape index (κ1) is 12.5. The summed E-state index contributed by atoms with van der Waals surface area (Å²) in [6.07, 6.45) is -0.320. The van der Waals surface area contributed by atoms with E-state index in [0.717, 1.165) is 11.4 Å². The Hall–Kier alpha value is -1.52. The van der Waals surface area contributed by atoms with Gasteiger partial charge in [-0.05, 0) is 27.5 Å². The van der Waals surface area contributed by atoms with Crippen LogP contribution >= 0.6 is 0 Å². The number of carbonyl (C=O) groups is 1. The molecule has 1 aliphatic rings. The molecule has 90 valence electrons. The van der Waals surface area contributed by atoms with E-state index in [-0.39, 0.29) is 6.09 Å². The zero-order chi connectivity index (χ0) is 12.3. The number of nitrogens with one attached hydrogen (secondary N) is 1. The Bertz CT molecular complexity index is 329. The fraction of sp³-hybridized carbons (Fsp3) is 0.636. The van der Waals surface area contributed by atoms with Crippen molar-refractivity contribution in [2.24, 2.45) is 4.99 Å². The number of hydrogen-bond donors (Lipinski definition) is 1. The summed E-state index contributed by atoms with van der Waals surface area (Å²) in [6, 6.07) is 0. The summed E-state index contributed by atoms with van der Waals surface area (Å²) >= 11 is 0. The fourth-order valence-corrected chi connectivity index (χ4v) is 1.44. The van der Waals surface area contributed by atoms with E-state index in [4.69, 9.17) is 4.74 Å². The molecule has 0 saturated carbocycles. The van der Waals surface area contributed by atoms with Gasteiger partial charge in [-0.3, -0.25) is 9.89 Å². The van der Waals surface area contributed by atoms with E-state index in [1.165, 1.54) is 0 Å². The molecule has 5 heteroatoms. The number of ether oxygens (including phenoxy) is 1. The Kier molecular flexibility index (Phi) is 3.57. The second-order valence-corrected chi connectivity index (χ2v) is 4.67. The third-order valence-electron chi connectivity index (χ3n) is 2.18. The van der Waals surface area contributed by atoms with Crippen molar-refractivity contribution in [3.8, 4) is 0 Å². The van der Waals surface area contributed by atoms with Crippen LogP contribution in [0.25, 0.3) is 0 Å². The molecule has 0 saturated heterocycles. The number of nitrogens with zero attached hydrogens (tertiary/aromatic N) is 2. The zero-order valence-corrected chi connectivity index (χ0v) is 10.3. The predicted molar refractivity (Wildman–Crippen MR) is 63.4 cm³/mol. The van der Waals surface area contributed by atoms with Crippen LogP contribution in [0.1, 0.15) is 20.8 Å². The molecule has 0 bridgehead atoms. The molecule has 1 amide bonds. The van der Waals surface area contributed by atoms with Crippen LogP contribution in [0.5, 0.6) is 0 Å². The van der Waals surface area contributed by atoms with Gasteiger partial charge in [-0.1, -0.05) is 0 Å². The first-order valence-electron chi connectivity index (χ1n) is 5.22. The molecule has 0 aromatic carbocycles. The Morgan fingerprint density at radius 1 is 1.50 bits per heavy atom. The van der Waals surface area contributed by atoms with Gasteiger partial charge < -0.3 is 10.1 Å². The van der Waals surface area contributed by atoms with E-state index in [2.05, 4.69) is 17.0 Å². The summed E-state index contributed by atoms with van der Waals surface area (Å²) < 4.78 is 5.28. The van der Waals surface area contributed by atoms with Crippen LogP contribution in [0.15, 0.2) is 16.4 Å². The van der Waals surface area contributed by atoms with Gasteiger partial charge in [0.2, 0.25) is 0 Å². The SMILES string of the molecule is C=NC1=C(NC)CN(C(=O)OC(C)(C)C)C1. The maximum absolute atomic E-state index is 11.8. The molecular weight excluding hydrogens is 206 g/mol. The largest absolute Gasteiger partial charge is 0.444 e. The molecule has 0 unspecified atom stereocenters. The zero-order valence-electron chi connectivity index (χ0n) is 10.3. The summed E-state index contributed by atoms with van der Waals surface area (Å²) in [4.78, 5) is 17.3. The van der Waals surface area contributed by atoms with Crippen LogP contribution in [0.3, 0.4) is 0 Å². The summed E-state index contributed by atoms with van der Waals surface area (Å²) in [5.74, 6) is 0. The number of rotatable bonds is 2. The second-order valence-electron chi connectivity index (χ2n) is 4.67. The number of aliphatic imine (C=N–C) groups is 1. The Balaban J connectivity index is 2.62. The van der Waals surface area contributed by atoms with Crippen molar-refractivity contribution >= 4 is 12.8 Å².